The molecule has 3 nitrogen and oxygen atoms in total. The number of rotatable bonds is 2. The Kier molecular flexibility index (Phi) is 3.14. The standard InChI is InChI=1S/C9H10ClNO2/c1-2-8(11-13)7-5-6(10)3-4-9(7)12/h3-5,12-13H,2H2,1H3. The van der Waals surface area contributed by atoms with Crippen LogP contribution in [0.4, 0.5) is 0 Å². The quantitative estimate of drug-likeness (QED) is 0.437. The van der Waals surface area contributed by atoms with Gasteiger partial charge in [-0.05, 0) is 24.6 Å². The Balaban J connectivity index is 3.19. The number of oxime groups is 1. The molecular formula is C9H10ClNO2. The number of hydrogen-bond acceptors (Lipinski definition) is 3. The monoisotopic (exact) mass is 199 g/mol. The minimum atomic E-state index is 0.0686. The van der Waals surface area contributed by atoms with Gasteiger partial charge in [0, 0.05) is 10.6 Å². The van der Waals surface area contributed by atoms with Crippen molar-refractivity contribution in [3.8, 4) is 5.75 Å². The molecule has 0 unspecified atom stereocenters. The second-order valence-corrected chi connectivity index (χ2v) is 3.00. The second-order valence-electron chi connectivity index (χ2n) is 2.56. The summed E-state index contributed by atoms with van der Waals surface area (Å²) in [6.07, 6.45) is 0.532. The van der Waals surface area contributed by atoms with Gasteiger partial charge in [0.1, 0.15) is 5.75 Å². The largest absolute Gasteiger partial charge is 0.507 e. The maximum atomic E-state index is 9.42. The minimum absolute atomic E-state index is 0.0686. The number of benzene rings is 1. The highest BCUT2D eigenvalue weighted by Gasteiger charge is 2.07. The Morgan fingerprint density at radius 2 is 2.23 bits per heavy atom. The van der Waals surface area contributed by atoms with Crippen molar-refractivity contribution in [3.05, 3.63) is 28.8 Å². The zero-order valence-electron chi connectivity index (χ0n) is 7.16. The molecule has 0 aliphatic heterocycles. The van der Waals surface area contributed by atoms with Crippen LogP contribution in [0.2, 0.25) is 5.02 Å². The SMILES string of the molecule is CCC(=NO)c1cc(Cl)ccc1O. The molecule has 0 fully saturated rings. The van der Waals surface area contributed by atoms with E-state index in [2.05, 4.69) is 5.16 Å². The fourth-order valence-electron chi connectivity index (χ4n) is 1.05. The molecule has 4 heteroatoms. The lowest BCUT2D eigenvalue weighted by Gasteiger charge is -2.04. The lowest BCUT2D eigenvalue weighted by molar-refractivity contribution is 0.318. The van der Waals surface area contributed by atoms with Crippen molar-refractivity contribution in [3.63, 3.8) is 0 Å². The van der Waals surface area contributed by atoms with Crippen LogP contribution in [0.1, 0.15) is 18.9 Å². The first kappa shape index (κ1) is 9.86. The number of aromatic hydroxyl groups is 1. The predicted molar refractivity (Wildman–Crippen MR) is 51.7 cm³/mol. The Bertz CT molecular complexity index is 336. The van der Waals surface area contributed by atoms with Crippen LogP contribution in [0.5, 0.6) is 5.75 Å². The average molecular weight is 200 g/mol. The summed E-state index contributed by atoms with van der Waals surface area (Å²) in [4.78, 5) is 0. The van der Waals surface area contributed by atoms with E-state index in [1.54, 1.807) is 12.1 Å². The van der Waals surface area contributed by atoms with Gasteiger partial charge in [-0.25, -0.2) is 0 Å². The van der Waals surface area contributed by atoms with Gasteiger partial charge in [0.25, 0.3) is 0 Å². The summed E-state index contributed by atoms with van der Waals surface area (Å²) in [6.45, 7) is 1.83. The summed E-state index contributed by atoms with van der Waals surface area (Å²) >= 11 is 5.73. The highest BCUT2D eigenvalue weighted by molar-refractivity contribution is 6.31. The van der Waals surface area contributed by atoms with E-state index in [0.29, 0.717) is 22.7 Å². The van der Waals surface area contributed by atoms with Gasteiger partial charge in [-0.15, -0.1) is 0 Å². The first-order chi connectivity index (χ1) is 6.19. The number of phenolic OH excluding ortho intramolecular Hbond substituents is 1. The van der Waals surface area contributed by atoms with Gasteiger partial charge < -0.3 is 10.3 Å². The number of halogens is 1. The van der Waals surface area contributed by atoms with Gasteiger partial charge >= 0.3 is 0 Å². The second kappa shape index (κ2) is 4.14. The third-order valence-electron chi connectivity index (χ3n) is 1.73. The average Bonchev–Trinajstić information content (AvgIpc) is 2.13. The van der Waals surface area contributed by atoms with Gasteiger partial charge in [-0.1, -0.05) is 23.7 Å². The number of hydrogen-bond donors (Lipinski definition) is 2. The first-order valence-electron chi connectivity index (χ1n) is 3.88. The molecule has 0 amide bonds. The van der Waals surface area contributed by atoms with Crippen LogP contribution >= 0.6 is 11.6 Å². The molecule has 1 aromatic rings. The van der Waals surface area contributed by atoms with Gasteiger partial charge in [-0.3, -0.25) is 0 Å². The molecule has 13 heavy (non-hydrogen) atoms. The normalized spacial score (nSPS) is 11.7. The van der Waals surface area contributed by atoms with E-state index in [1.165, 1.54) is 6.07 Å². The highest BCUT2D eigenvalue weighted by atomic mass is 35.5. The molecule has 1 rings (SSSR count). The van der Waals surface area contributed by atoms with Crippen LogP contribution in [0.15, 0.2) is 23.4 Å². The molecule has 0 saturated carbocycles. The molecule has 0 spiro atoms. The van der Waals surface area contributed by atoms with Gasteiger partial charge in [0.2, 0.25) is 0 Å². The molecule has 0 aliphatic rings. The van der Waals surface area contributed by atoms with E-state index in [9.17, 15) is 5.11 Å². The first-order valence-corrected chi connectivity index (χ1v) is 4.26. The van der Waals surface area contributed by atoms with Gasteiger partial charge in [-0.2, -0.15) is 0 Å². The fourth-order valence-corrected chi connectivity index (χ4v) is 1.23. The van der Waals surface area contributed by atoms with E-state index >= 15 is 0 Å². The molecule has 0 atom stereocenters. The summed E-state index contributed by atoms with van der Waals surface area (Å²) in [6, 6.07) is 4.61. The zero-order chi connectivity index (χ0) is 9.84. The predicted octanol–water partition coefficient (Wildman–Crippen LogP) is 2.63. The van der Waals surface area contributed by atoms with Gasteiger partial charge in [0.15, 0.2) is 0 Å². The Morgan fingerprint density at radius 3 is 2.77 bits per heavy atom. The smallest absolute Gasteiger partial charge is 0.124 e. The molecule has 0 heterocycles. The lowest BCUT2D eigenvalue weighted by Crippen LogP contribution is -1.99. The van der Waals surface area contributed by atoms with Crippen molar-refractivity contribution in [2.24, 2.45) is 5.16 Å². The molecule has 0 bridgehead atoms. The molecule has 0 saturated heterocycles. The van der Waals surface area contributed by atoms with Crippen LogP contribution in [-0.2, 0) is 0 Å². The topological polar surface area (TPSA) is 52.8 Å². The van der Waals surface area contributed by atoms with Crippen molar-refractivity contribution in [1.82, 2.24) is 0 Å². The summed E-state index contributed by atoms with van der Waals surface area (Å²) in [5.41, 5.74) is 0.887. The fraction of sp³-hybridized carbons (Fsp3) is 0.222. The number of phenols is 1. The maximum Gasteiger partial charge on any atom is 0.124 e. The molecule has 0 aromatic heterocycles. The minimum Gasteiger partial charge on any atom is -0.507 e. The summed E-state index contributed by atoms with van der Waals surface area (Å²) in [7, 11) is 0. The van der Waals surface area contributed by atoms with Crippen molar-refractivity contribution in [2.45, 2.75) is 13.3 Å². The Hall–Kier alpha value is -1.22. The van der Waals surface area contributed by atoms with Crippen LogP contribution in [-0.4, -0.2) is 16.0 Å². The summed E-state index contributed by atoms with van der Waals surface area (Å²) < 4.78 is 0. The maximum absolute atomic E-state index is 9.42. The van der Waals surface area contributed by atoms with Crippen LogP contribution < -0.4 is 0 Å². The summed E-state index contributed by atoms with van der Waals surface area (Å²) in [5.74, 6) is 0.0686. The van der Waals surface area contributed by atoms with E-state index in [-0.39, 0.29) is 5.75 Å². The van der Waals surface area contributed by atoms with Crippen molar-refractivity contribution < 1.29 is 10.3 Å². The molecule has 0 radical (unpaired) electrons. The van der Waals surface area contributed by atoms with Crippen LogP contribution in [0.3, 0.4) is 0 Å². The van der Waals surface area contributed by atoms with E-state index in [4.69, 9.17) is 16.8 Å². The Morgan fingerprint density at radius 1 is 1.54 bits per heavy atom. The molecule has 2 N–H and O–H groups in total. The third kappa shape index (κ3) is 2.12. The molecule has 70 valence electrons. The lowest BCUT2D eigenvalue weighted by atomic mass is 10.1. The van der Waals surface area contributed by atoms with Crippen molar-refractivity contribution >= 4 is 17.3 Å². The van der Waals surface area contributed by atoms with E-state index < -0.39 is 0 Å². The van der Waals surface area contributed by atoms with E-state index in [0.717, 1.165) is 0 Å². The third-order valence-corrected chi connectivity index (χ3v) is 1.96. The van der Waals surface area contributed by atoms with Crippen LogP contribution in [0.25, 0.3) is 0 Å². The van der Waals surface area contributed by atoms with Gasteiger partial charge in [0.05, 0.1) is 5.71 Å². The molecule has 1 aromatic carbocycles. The van der Waals surface area contributed by atoms with Crippen molar-refractivity contribution in [2.75, 3.05) is 0 Å². The van der Waals surface area contributed by atoms with Crippen molar-refractivity contribution in [1.29, 1.82) is 0 Å². The van der Waals surface area contributed by atoms with Crippen LogP contribution in [0, 0.1) is 0 Å². The van der Waals surface area contributed by atoms with E-state index in [1.807, 2.05) is 6.92 Å². The Labute approximate surface area is 81.3 Å². The highest BCUT2D eigenvalue weighted by Crippen LogP contribution is 2.22. The summed E-state index contributed by atoms with van der Waals surface area (Å²) in [5, 5.41) is 21.6. The molecule has 0 aliphatic carbocycles. The zero-order valence-corrected chi connectivity index (χ0v) is 7.91. The molecular weight excluding hydrogens is 190 g/mol. The number of nitrogens with zero attached hydrogens (tertiary/aromatic N) is 1.